The van der Waals surface area contributed by atoms with Crippen LogP contribution in [0.25, 0.3) is 0 Å². The number of nitrogens with zero attached hydrogens (tertiary/aromatic N) is 2. The Kier molecular flexibility index (Phi) is 9.35. The van der Waals surface area contributed by atoms with Crippen LogP contribution < -0.4 is 0 Å². The minimum atomic E-state index is -4.09. The fourth-order valence-corrected chi connectivity index (χ4v) is 8.13. The van der Waals surface area contributed by atoms with E-state index in [2.05, 4.69) is 8.80 Å². The SMILES string of the molecule is O=S(=O)(N=C(SSC(=NS(=O)(=O)c1ccc(Cl)cc1)c1ccccc1)c1ccccc1)c1ccc(Cl)cc1. The highest BCUT2D eigenvalue weighted by Gasteiger charge is 2.20. The number of benzene rings is 4. The summed E-state index contributed by atoms with van der Waals surface area (Å²) in [5, 5.41) is 1.09. The van der Waals surface area contributed by atoms with Crippen molar-refractivity contribution in [3.63, 3.8) is 0 Å². The van der Waals surface area contributed by atoms with E-state index < -0.39 is 20.0 Å². The average Bonchev–Trinajstić information content (AvgIpc) is 2.91. The van der Waals surface area contributed by atoms with Crippen LogP contribution in [0.15, 0.2) is 128 Å². The molecule has 12 heteroatoms. The molecular formula is C26H18Cl2N2O4S4. The first kappa shape index (κ1) is 28.4. The summed E-state index contributed by atoms with van der Waals surface area (Å²) in [6.07, 6.45) is 0. The number of hydrogen-bond acceptors (Lipinski definition) is 6. The monoisotopic (exact) mass is 620 g/mol. The molecule has 0 saturated carbocycles. The van der Waals surface area contributed by atoms with Gasteiger partial charge in [-0.3, -0.25) is 0 Å². The smallest absolute Gasteiger partial charge is 0.199 e. The van der Waals surface area contributed by atoms with Gasteiger partial charge in [-0.15, -0.1) is 0 Å². The molecule has 0 N–H and O–H groups in total. The predicted molar refractivity (Wildman–Crippen MR) is 158 cm³/mol. The van der Waals surface area contributed by atoms with Crippen LogP contribution in [0.3, 0.4) is 0 Å². The Labute approximate surface area is 239 Å². The second kappa shape index (κ2) is 12.5. The minimum absolute atomic E-state index is 0.0248. The van der Waals surface area contributed by atoms with Gasteiger partial charge in [0.2, 0.25) is 0 Å². The highest BCUT2D eigenvalue weighted by Crippen LogP contribution is 2.33. The average molecular weight is 622 g/mol. The van der Waals surface area contributed by atoms with Gasteiger partial charge in [-0.25, -0.2) is 0 Å². The maximum absolute atomic E-state index is 13.1. The van der Waals surface area contributed by atoms with Crippen molar-refractivity contribution < 1.29 is 16.8 Å². The second-order valence-corrected chi connectivity index (χ2v) is 13.7. The topological polar surface area (TPSA) is 93.0 Å². The zero-order chi connectivity index (χ0) is 27.2. The van der Waals surface area contributed by atoms with Crippen molar-refractivity contribution in [2.45, 2.75) is 9.79 Å². The quantitative estimate of drug-likeness (QED) is 0.127. The van der Waals surface area contributed by atoms with Crippen LogP contribution in [-0.2, 0) is 20.0 Å². The molecule has 0 saturated heterocycles. The van der Waals surface area contributed by atoms with Crippen LogP contribution in [0.4, 0.5) is 0 Å². The zero-order valence-electron chi connectivity index (χ0n) is 19.3. The molecule has 0 heterocycles. The molecule has 0 aliphatic rings. The summed E-state index contributed by atoms with van der Waals surface area (Å²) < 4.78 is 60.5. The molecule has 6 nitrogen and oxygen atoms in total. The standard InChI is InChI=1S/C26H18Cl2N2O4S4/c27-21-11-15-23(16-12-21)37(31,32)29-25(19-7-3-1-4-8-19)35-36-26(20-9-5-2-6-10-20)30-38(33,34)24-17-13-22(28)14-18-24/h1-18H. The van der Waals surface area contributed by atoms with E-state index in [4.69, 9.17) is 23.2 Å². The first-order chi connectivity index (χ1) is 18.1. The van der Waals surface area contributed by atoms with Crippen LogP contribution in [0, 0.1) is 0 Å². The highest BCUT2D eigenvalue weighted by molar-refractivity contribution is 8.87. The van der Waals surface area contributed by atoms with E-state index in [9.17, 15) is 16.8 Å². The Morgan fingerprint density at radius 1 is 0.500 bits per heavy atom. The van der Waals surface area contributed by atoms with Crippen molar-refractivity contribution in [3.8, 4) is 0 Å². The van der Waals surface area contributed by atoms with Gasteiger partial charge < -0.3 is 0 Å². The molecule has 0 fully saturated rings. The largest absolute Gasteiger partial charge is 0.283 e. The van der Waals surface area contributed by atoms with E-state index in [1.54, 1.807) is 60.7 Å². The molecule has 194 valence electrons. The Morgan fingerprint density at radius 3 is 1.13 bits per heavy atom. The molecule has 0 radical (unpaired) electrons. The third kappa shape index (κ3) is 7.49. The van der Waals surface area contributed by atoms with Gasteiger partial charge in [0.1, 0.15) is 10.1 Å². The fraction of sp³-hybridized carbons (Fsp3) is 0. The van der Waals surface area contributed by atoms with Crippen molar-refractivity contribution in [2.75, 3.05) is 0 Å². The van der Waals surface area contributed by atoms with E-state index in [0.717, 1.165) is 21.6 Å². The van der Waals surface area contributed by atoms with E-state index in [1.165, 1.54) is 48.5 Å². The maximum Gasteiger partial charge on any atom is 0.283 e. The van der Waals surface area contributed by atoms with Gasteiger partial charge in [-0.2, -0.15) is 25.6 Å². The van der Waals surface area contributed by atoms with Gasteiger partial charge >= 0.3 is 0 Å². The summed E-state index contributed by atoms with van der Waals surface area (Å²) in [4.78, 5) is -0.0496. The molecule has 0 amide bonds. The molecule has 0 atom stereocenters. The molecular weight excluding hydrogens is 603 g/mol. The summed E-state index contributed by atoms with van der Waals surface area (Å²) in [5.41, 5.74) is 1.08. The van der Waals surface area contributed by atoms with Crippen molar-refractivity contribution >= 4 is 74.9 Å². The van der Waals surface area contributed by atoms with Crippen molar-refractivity contribution in [2.24, 2.45) is 8.80 Å². The van der Waals surface area contributed by atoms with Gasteiger partial charge in [0.15, 0.2) is 0 Å². The second-order valence-electron chi connectivity index (χ2n) is 7.55. The number of hydrogen-bond donors (Lipinski definition) is 0. The summed E-state index contributed by atoms with van der Waals surface area (Å²) in [7, 11) is -6.22. The van der Waals surface area contributed by atoms with E-state index in [1.807, 2.05) is 0 Å². The van der Waals surface area contributed by atoms with Gasteiger partial charge in [-0.05, 0) is 70.1 Å². The summed E-state index contributed by atoms with van der Waals surface area (Å²) >= 11 is 11.8. The van der Waals surface area contributed by atoms with Gasteiger partial charge in [0.05, 0.1) is 9.79 Å². The lowest BCUT2D eigenvalue weighted by Crippen LogP contribution is -2.05. The van der Waals surface area contributed by atoms with Gasteiger partial charge in [0, 0.05) is 21.2 Å². The van der Waals surface area contributed by atoms with Gasteiger partial charge in [-0.1, -0.05) is 83.9 Å². The third-order valence-electron chi connectivity index (χ3n) is 4.87. The van der Waals surface area contributed by atoms with Crippen LogP contribution in [0.5, 0.6) is 0 Å². The minimum Gasteiger partial charge on any atom is -0.199 e. The molecule has 0 aliphatic carbocycles. The Morgan fingerprint density at radius 2 is 0.816 bits per heavy atom. The first-order valence-electron chi connectivity index (χ1n) is 10.8. The molecule has 0 aromatic heterocycles. The molecule has 0 aliphatic heterocycles. The normalized spacial score (nSPS) is 12.9. The molecule has 0 spiro atoms. The number of sulfonamides is 2. The molecule has 0 bridgehead atoms. The van der Waals surface area contributed by atoms with Crippen LogP contribution in [0.2, 0.25) is 10.0 Å². The van der Waals surface area contributed by atoms with Crippen molar-refractivity contribution in [3.05, 3.63) is 130 Å². The maximum atomic E-state index is 13.1. The van der Waals surface area contributed by atoms with E-state index in [0.29, 0.717) is 21.2 Å². The lowest BCUT2D eigenvalue weighted by molar-refractivity contribution is 0.596. The lowest BCUT2D eigenvalue weighted by atomic mass is 10.2. The van der Waals surface area contributed by atoms with E-state index >= 15 is 0 Å². The van der Waals surface area contributed by atoms with Gasteiger partial charge in [0.25, 0.3) is 20.0 Å². The van der Waals surface area contributed by atoms with Crippen molar-refractivity contribution in [1.29, 1.82) is 0 Å². The number of halogens is 2. The molecule has 38 heavy (non-hydrogen) atoms. The lowest BCUT2D eigenvalue weighted by Gasteiger charge is -2.09. The van der Waals surface area contributed by atoms with Crippen LogP contribution >= 0.6 is 44.8 Å². The van der Waals surface area contributed by atoms with Crippen LogP contribution in [-0.4, -0.2) is 26.9 Å². The summed E-state index contributed by atoms with van der Waals surface area (Å²) in [6, 6.07) is 28.8. The Balaban J connectivity index is 1.74. The summed E-state index contributed by atoms with van der Waals surface area (Å²) in [5.74, 6) is 0. The molecule has 0 unspecified atom stereocenters. The number of rotatable bonds is 6. The molecule has 4 aromatic rings. The Hall–Kier alpha value is -2.60. The van der Waals surface area contributed by atoms with Crippen molar-refractivity contribution in [1.82, 2.24) is 0 Å². The summed E-state index contributed by atoms with van der Waals surface area (Å²) in [6.45, 7) is 0. The third-order valence-corrected chi connectivity index (χ3v) is 10.4. The highest BCUT2D eigenvalue weighted by atomic mass is 35.5. The van der Waals surface area contributed by atoms with Crippen LogP contribution in [0.1, 0.15) is 11.1 Å². The predicted octanol–water partition coefficient (Wildman–Crippen LogP) is 7.35. The first-order valence-corrected chi connectivity index (χ1v) is 16.6. The molecule has 4 rings (SSSR count). The fourth-order valence-electron chi connectivity index (χ4n) is 3.01. The molecule has 4 aromatic carbocycles. The zero-order valence-corrected chi connectivity index (χ0v) is 24.1. The Bertz CT molecular complexity index is 1550. The van der Waals surface area contributed by atoms with E-state index in [-0.39, 0.29) is 19.9 Å².